The van der Waals surface area contributed by atoms with Gasteiger partial charge in [0.1, 0.15) is 0 Å². The van der Waals surface area contributed by atoms with Crippen LogP contribution in [0, 0.1) is 0 Å². The second kappa shape index (κ2) is 4.59. The topological polar surface area (TPSA) is 52.8 Å². The number of hydrogen-bond acceptors (Lipinski definition) is 3. The Labute approximate surface area is 97.2 Å². The first-order valence-corrected chi connectivity index (χ1v) is 6.04. The van der Waals surface area contributed by atoms with Gasteiger partial charge in [0.15, 0.2) is 0 Å². The summed E-state index contributed by atoms with van der Waals surface area (Å²) in [5.74, 6) is 0. The van der Waals surface area contributed by atoms with Crippen LogP contribution in [0.4, 0.5) is 4.79 Å². The Morgan fingerprint density at radius 1 is 1.19 bits per heavy atom. The summed E-state index contributed by atoms with van der Waals surface area (Å²) in [4.78, 5) is 18.2. The lowest BCUT2D eigenvalue weighted by molar-refractivity contribution is 0.168. The molecule has 16 heavy (non-hydrogen) atoms. The molecule has 2 aliphatic rings. The molecule has 2 atom stereocenters. The van der Waals surface area contributed by atoms with Crippen molar-refractivity contribution >= 4 is 6.03 Å². The Morgan fingerprint density at radius 3 is 2.31 bits per heavy atom. The molecule has 5 heteroatoms. The Morgan fingerprint density at radius 2 is 1.81 bits per heavy atom. The fraction of sp³-hybridized carbons (Fsp3) is 0.909. The van der Waals surface area contributed by atoms with Gasteiger partial charge < -0.3 is 20.4 Å². The first-order valence-electron chi connectivity index (χ1n) is 6.04. The molecule has 2 heterocycles. The molecule has 2 rings (SSSR count). The number of amides is 2. The number of urea groups is 1. The zero-order chi connectivity index (χ0) is 11.7. The Kier molecular flexibility index (Phi) is 3.35. The van der Waals surface area contributed by atoms with Crippen molar-refractivity contribution in [3.63, 3.8) is 0 Å². The van der Waals surface area contributed by atoms with Gasteiger partial charge in [-0.1, -0.05) is 0 Å². The number of carbonyl (C=O) groups excluding carboxylic acids is 1. The molecule has 2 unspecified atom stereocenters. The van der Waals surface area contributed by atoms with Crippen LogP contribution in [-0.2, 0) is 0 Å². The maximum Gasteiger partial charge on any atom is 0.320 e. The summed E-state index contributed by atoms with van der Waals surface area (Å²) in [7, 11) is 4.15. The maximum absolute atomic E-state index is 12.1. The maximum atomic E-state index is 12.1. The largest absolute Gasteiger partial charge is 0.326 e. The van der Waals surface area contributed by atoms with Crippen molar-refractivity contribution in [3.05, 3.63) is 0 Å². The summed E-state index contributed by atoms with van der Waals surface area (Å²) < 4.78 is 0. The lowest BCUT2D eigenvalue weighted by Gasteiger charge is -2.25. The summed E-state index contributed by atoms with van der Waals surface area (Å²) in [6, 6.07) is 0.869. The van der Waals surface area contributed by atoms with Gasteiger partial charge in [-0.05, 0) is 26.9 Å². The zero-order valence-electron chi connectivity index (χ0n) is 10.2. The standard InChI is InChI=1S/C11H22N4O/c1-13(2)10-4-6-15(8-10)11(16)14-5-3-9(12)7-14/h9-10H,3-8,12H2,1-2H3. The molecule has 0 saturated carbocycles. The molecule has 0 spiro atoms. The van der Waals surface area contributed by atoms with Crippen LogP contribution in [0.25, 0.3) is 0 Å². The van der Waals surface area contributed by atoms with Gasteiger partial charge in [-0.15, -0.1) is 0 Å². The van der Waals surface area contributed by atoms with Crippen molar-refractivity contribution in [2.75, 3.05) is 40.3 Å². The van der Waals surface area contributed by atoms with Gasteiger partial charge in [0, 0.05) is 38.3 Å². The summed E-state index contributed by atoms with van der Waals surface area (Å²) in [6.45, 7) is 3.29. The van der Waals surface area contributed by atoms with E-state index in [0.717, 1.165) is 39.0 Å². The third kappa shape index (κ3) is 2.30. The summed E-state index contributed by atoms with van der Waals surface area (Å²) >= 11 is 0. The molecule has 92 valence electrons. The summed E-state index contributed by atoms with van der Waals surface area (Å²) in [6.07, 6.45) is 2.02. The average Bonchev–Trinajstić information content (AvgIpc) is 2.84. The monoisotopic (exact) mass is 226 g/mol. The van der Waals surface area contributed by atoms with Crippen LogP contribution in [0.1, 0.15) is 12.8 Å². The van der Waals surface area contributed by atoms with E-state index in [1.165, 1.54) is 0 Å². The van der Waals surface area contributed by atoms with Crippen LogP contribution in [0.3, 0.4) is 0 Å². The second-order valence-corrected chi connectivity index (χ2v) is 5.13. The molecule has 0 aliphatic carbocycles. The van der Waals surface area contributed by atoms with Crippen molar-refractivity contribution in [3.8, 4) is 0 Å². The number of rotatable bonds is 1. The quantitative estimate of drug-likeness (QED) is 0.672. The third-order valence-electron chi connectivity index (χ3n) is 3.66. The number of nitrogens with two attached hydrogens (primary N) is 1. The summed E-state index contributed by atoms with van der Waals surface area (Å²) in [5.41, 5.74) is 5.82. The summed E-state index contributed by atoms with van der Waals surface area (Å²) in [5, 5.41) is 0. The highest BCUT2D eigenvalue weighted by Crippen LogP contribution is 2.17. The van der Waals surface area contributed by atoms with E-state index in [1.807, 2.05) is 9.80 Å². The highest BCUT2D eigenvalue weighted by atomic mass is 16.2. The van der Waals surface area contributed by atoms with E-state index in [1.54, 1.807) is 0 Å². The zero-order valence-corrected chi connectivity index (χ0v) is 10.2. The van der Waals surface area contributed by atoms with Crippen molar-refractivity contribution in [2.45, 2.75) is 24.9 Å². The lowest BCUT2D eigenvalue weighted by Crippen LogP contribution is -2.43. The SMILES string of the molecule is CN(C)C1CCN(C(=O)N2CCC(N)C2)C1. The molecule has 0 aromatic heterocycles. The van der Waals surface area contributed by atoms with Crippen LogP contribution >= 0.6 is 0 Å². The molecular formula is C11H22N4O. The molecule has 2 fully saturated rings. The number of carbonyl (C=O) groups is 1. The smallest absolute Gasteiger partial charge is 0.320 e. The predicted molar refractivity (Wildman–Crippen MR) is 63.2 cm³/mol. The van der Waals surface area contributed by atoms with Crippen molar-refractivity contribution < 1.29 is 4.79 Å². The number of nitrogens with zero attached hydrogens (tertiary/aromatic N) is 3. The highest BCUT2D eigenvalue weighted by Gasteiger charge is 2.32. The van der Waals surface area contributed by atoms with E-state index in [2.05, 4.69) is 19.0 Å². The lowest BCUT2D eigenvalue weighted by atomic mass is 10.2. The van der Waals surface area contributed by atoms with Crippen LogP contribution in [0.15, 0.2) is 0 Å². The first-order chi connectivity index (χ1) is 7.58. The molecule has 2 aliphatic heterocycles. The van der Waals surface area contributed by atoms with Crippen molar-refractivity contribution in [1.29, 1.82) is 0 Å². The minimum absolute atomic E-state index is 0.177. The fourth-order valence-electron chi connectivity index (χ4n) is 2.50. The molecule has 0 aromatic rings. The number of likely N-dealkylation sites (tertiary alicyclic amines) is 2. The molecular weight excluding hydrogens is 204 g/mol. The Bertz CT molecular complexity index is 269. The Balaban J connectivity index is 1.87. The molecule has 2 amide bonds. The van der Waals surface area contributed by atoms with E-state index >= 15 is 0 Å². The van der Waals surface area contributed by atoms with Gasteiger partial charge in [-0.25, -0.2) is 4.79 Å². The first kappa shape index (κ1) is 11.7. The number of hydrogen-bond donors (Lipinski definition) is 1. The molecule has 2 N–H and O–H groups in total. The third-order valence-corrected chi connectivity index (χ3v) is 3.66. The van der Waals surface area contributed by atoms with Crippen molar-refractivity contribution in [1.82, 2.24) is 14.7 Å². The second-order valence-electron chi connectivity index (χ2n) is 5.13. The van der Waals surface area contributed by atoms with Crippen LogP contribution < -0.4 is 5.73 Å². The molecule has 0 aromatic carbocycles. The molecule has 2 saturated heterocycles. The minimum Gasteiger partial charge on any atom is -0.326 e. The number of likely N-dealkylation sites (N-methyl/N-ethyl adjacent to an activating group) is 1. The highest BCUT2D eigenvalue weighted by molar-refractivity contribution is 5.75. The minimum atomic E-state index is 0.177. The van der Waals surface area contributed by atoms with Gasteiger partial charge in [0.25, 0.3) is 0 Å². The van der Waals surface area contributed by atoms with Gasteiger partial charge >= 0.3 is 6.03 Å². The van der Waals surface area contributed by atoms with Crippen LogP contribution in [0.2, 0.25) is 0 Å². The predicted octanol–water partition coefficient (Wildman–Crippen LogP) is -0.225. The average molecular weight is 226 g/mol. The van der Waals surface area contributed by atoms with Gasteiger partial charge in [0.05, 0.1) is 0 Å². The van der Waals surface area contributed by atoms with Crippen LogP contribution in [-0.4, -0.2) is 73.1 Å². The van der Waals surface area contributed by atoms with Gasteiger partial charge in [-0.3, -0.25) is 0 Å². The van der Waals surface area contributed by atoms with E-state index in [0.29, 0.717) is 6.04 Å². The normalized spacial score (nSPS) is 30.5. The van der Waals surface area contributed by atoms with Gasteiger partial charge in [-0.2, -0.15) is 0 Å². The van der Waals surface area contributed by atoms with E-state index in [4.69, 9.17) is 5.73 Å². The Hall–Kier alpha value is -0.810. The fourth-order valence-corrected chi connectivity index (χ4v) is 2.50. The van der Waals surface area contributed by atoms with E-state index in [-0.39, 0.29) is 12.1 Å². The molecule has 0 bridgehead atoms. The van der Waals surface area contributed by atoms with E-state index < -0.39 is 0 Å². The van der Waals surface area contributed by atoms with E-state index in [9.17, 15) is 4.79 Å². The van der Waals surface area contributed by atoms with Crippen molar-refractivity contribution in [2.24, 2.45) is 5.73 Å². The molecule has 5 nitrogen and oxygen atoms in total. The van der Waals surface area contributed by atoms with Crippen LogP contribution in [0.5, 0.6) is 0 Å². The van der Waals surface area contributed by atoms with Gasteiger partial charge in [0.2, 0.25) is 0 Å². The molecule has 0 radical (unpaired) electrons.